The van der Waals surface area contributed by atoms with Crippen LogP contribution < -0.4 is 0 Å². The number of aldehydes is 1. The summed E-state index contributed by atoms with van der Waals surface area (Å²) in [7, 11) is 0. The lowest BCUT2D eigenvalue weighted by Gasteiger charge is -2.05. The van der Waals surface area contributed by atoms with Gasteiger partial charge < -0.3 is 0 Å². The van der Waals surface area contributed by atoms with Gasteiger partial charge in [-0.2, -0.15) is 0 Å². The second-order valence-electron chi connectivity index (χ2n) is 4.19. The van der Waals surface area contributed by atoms with Gasteiger partial charge in [0.15, 0.2) is 5.78 Å². The van der Waals surface area contributed by atoms with Crippen LogP contribution in [0.1, 0.15) is 46.0 Å². The highest BCUT2D eigenvalue weighted by molar-refractivity contribution is 5.93. The zero-order chi connectivity index (χ0) is 13.6. The molecule has 0 amide bonds. The van der Waals surface area contributed by atoms with E-state index in [1.54, 1.807) is 12.2 Å². The molecule has 0 spiro atoms. The molecule has 0 heterocycles. The summed E-state index contributed by atoms with van der Waals surface area (Å²) in [4.78, 5) is 22.2. The van der Waals surface area contributed by atoms with Crippen LogP contribution in [0, 0.1) is 5.92 Å². The van der Waals surface area contributed by atoms with Crippen LogP contribution in [-0.4, -0.2) is 12.1 Å². The minimum absolute atomic E-state index is 0.0740. The number of carbonyl (C=O) groups excluding carboxylic acids is 2. The lowest BCUT2D eigenvalue weighted by Crippen LogP contribution is -2.08. The molecular weight excluding hydrogens is 224 g/mol. The van der Waals surface area contributed by atoms with E-state index >= 15 is 0 Å². The molecule has 0 saturated carbocycles. The highest BCUT2D eigenvalue weighted by atomic mass is 16.1. The minimum Gasteiger partial charge on any atom is -0.299 e. The summed E-state index contributed by atoms with van der Waals surface area (Å²) in [6.07, 6.45) is 16.2. The van der Waals surface area contributed by atoms with Gasteiger partial charge in [0.1, 0.15) is 6.29 Å². The first-order chi connectivity index (χ1) is 8.76. The summed E-state index contributed by atoms with van der Waals surface area (Å²) >= 11 is 0. The molecule has 1 unspecified atom stereocenters. The van der Waals surface area contributed by atoms with E-state index in [0.29, 0.717) is 12.7 Å². The van der Waals surface area contributed by atoms with Crippen LogP contribution in [0.3, 0.4) is 0 Å². The van der Waals surface area contributed by atoms with Crippen LogP contribution in [0.5, 0.6) is 0 Å². The molecule has 0 N–H and O–H groups in total. The number of ketones is 1. The van der Waals surface area contributed by atoms with Crippen molar-refractivity contribution >= 4 is 12.1 Å². The second kappa shape index (κ2) is 12.0. The summed E-state index contributed by atoms with van der Waals surface area (Å²) < 4.78 is 0. The molecule has 0 aromatic heterocycles. The van der Waals surface area contributed by atoms with Gasteiger partial charge in [0.05, 0.1) is 0 Å². The third-order valence-corrected chi connectivity index (χ3v) is 2.59. The maximum atomic E-state index is 11.9. The van der Waals surface area contributed by atoms with Gasteiger partial charge in [0, 0.05) is 5.92 Å². The molecule has 0 radical (unpaired) electrons. The van der Waals surface area contributed by atoms with E-state index in [1.807, 2.05) is 18.2 Å². The largest absolute Gasteiger partial charge is 0.299 e. The van der Waals surface area contributed by atoms with Gasteiger partial charge in [0.2, 0.25) is 0 Å². The predicted molar refractivity (Wildman–Crippen MR) is 76.4 cm³/mol. The average molecular weight is 248 g/mol. The van der Waals surface area contributed by atoms with E-state index in [0.717, 1.165) is 25.7 Å². The summed E-state index contributed by atoms with van der Waals surface area (Å²) in [6, 6.07) is 0. The molecule has 2 nitrogen and oxygen atoms in total. The van der Waals surface area contributed by atoms with Gasteiger partial charge in [-0.1, -0.05) is 51.0 Å². The Bertz CT molecular complexity index is 311. The van der Waals surface area contributed by atoms with Crippen molar-refractivity contribution in [3.8, 4) is 0 Å². The average Bonchev–Trinajstić information content (AvgIpc) is 2.38. The van der Waals surface area contributed by atoms with E-state index in [4.69, 9.17) is 0 Å². The number of unbranched alkanes of at least 4 members (excludes halogenated alkanes) is 2. The predicted octanol–water partition coefficient (Wildman–Crippen LogP) is 4.03. The van der Waals surface area contributed by atoms with E-state index < -0.39 is 0 Å². The van der Waals surface area contributed by atoms with Crippen LogP contribution in [0.2, 0.25) is 0 Å². The fourth-order valence-electron chi connectivity index (χ4n) is 1.52. The van der Waals surface area contributed by atoms with E-state index in [2.05, 4.69) is 13.8 Å². The smallest absolute Gasteiger partial charge is 0.162 e. The quantitative estimate of drug-likeness (QED) is 0.253. The summed E-state index contributed by atoms with van der Waals surface area (Å²) in [5, 5.41) is 0. The van der Waals surface area contributed by atoms with Gasteiger partial charge in [-0.3, -0.25) is 9.59 Å². The fourth-order valence-corrected chi connectivity index (χ4v) is 1.52. The number of carbonyl (C=O) groups is 2. The lowest BCUT2D eigenvalue weighted by atomic mass is 9.98. The topological polar surface area (TPSA) is 34.1 Å². The Kier molecular flexibility index (Phi) is 11.1. The number of allylic oxidation sites excluding steroid dienone is 6. The van der Waals surface area contributed by atoms with Crippen molar-refractivity contribution in [2.24, 2.45) is 5.92 Å². The maximum absolute atomic E-state index is 11.9. The zero-order valence-corrected chi connectivity index (χ0v) is 11.5. The van der Waals surface area contributed by atoms with Crippen LogP contribution in [0.15, 0.2) is 36.5 Å². The molecular formula is C16H24O2. The van der Waals surface area contributed by atoms with Gasteiger partial charge in [-0.25, -0.2) is 0 Å². The Morgan fingerprint density at radius 2 is 1.94 bits per heavy atom. The third kappa shape index (κ3) is 8.68. The molecule has 0 bridgehead atoms. The van der Waals surface area contributed by atoms with Crippen molar-refractivity contribution in [3.63, 3.8) is 0 Å². The molecule has 0 saturated heterocycles. The Hall–Kier alpha value is -1.44. The van der Waals surface area contributed by atoms with E-state index in [9.17, 15) is 9.59 Å². The van der Waals surface area contributed by atoms with Gasteiger partial charge in [-0.15, -0.1) is 0 Å². The monoisotopic (exact) mass is 248 g/mol. The Morgan fingerprint density at radius 3 is 2.56 bits per heavy atom. The number of hydrogen-bond donors (Lipinski definition) is 0. The molecule has 0 fully saturated rings. The van der Waals surface area contributed by atoms with Crippen molar-refractivity contribution in [3.05, 3.63) is 36.5 Å². The summed E-state index contributed by atoms with van der Waals surface area (Å²) in [6.45, 7) is 4.18. The molecule has 0 aliphatic rings. The Balaban J connectivity index is 4.39. The first-order valence-corrected chi connectivity index (χ1v) is 6.73. The zero-order valence-electron chi connectivity index (χ0n) is 11.5. The van der Waals surface area contributed by atoms with Crippen LogP contribution in [0.25, 0.3) is 0 Å². The summed E-state index contributed by atoms with van der Waals surface area (Å²) in [5.74, 6) is -0.138. The van der Waals surface area contributed by atoms with Crippen molar-refractivity contribution in [1.29, 1.82) is 0 Å². The van der Waals surface area contributed by atoms with Crippen molar-refractivity contribution in [2.75, 3.05) is 0 Å². The molecule has 2 heteroatoms. The molecule has 0 aromatic rings. The molecule has 0 aliphatic heterocycles. The minimum atomic E-state index is -0.212. The first-order valence-electron chi connectivity index (χ1n) is 6.73. The van der Waals surface area contributed by atoms with Crippen LogP contribution in [-0.2, 0) is 9.59 Å². The Labute approximate surface area is 110 Å². The van der Waals surface area contributed by atoms with Gasteiger partial charge in [0.25, 0.3) is 0 Å². The van der Waals surface area contributed by atoms with Crippen LogP contribution in [0.4, 0.5) is 0 Å². The highest BCUT2D eigenvalue weighted by Gasteiger charge is 2.10. The molecule has 0 aromatic carbocycles. The van der Waals surface area contributed by atoms with Gasteiger partial charge in [-0.05, 0) is 31.4 Å². The molecule has 0 aliphatic carbocycles. The van der Waals surface area contributed by atoms with E-state index in [1.165, 1.54) is 6.08 Å². The SMILES string of the molecule is CCC=CCC(C=CC=O)C(=O)C=CCCCC. The van der Waals surface area contributed by atoms with Crippen molar-refractivity contribution in [2.45, 2.75) is 46.0 Å². The fraction of sp³-hybridized carbons (Fsp3) is 0.500. The molecule has 100 valence electrons. The normalized spacial score (nSPS) is 13.7. The Morgan fingerprint density at radius 1 is 1.17 bits per heavy atom. The van der Waals surface area contributed by atoms with Crippen molar-refractivity contribution < 1.29 is 9.59 Å². The second-order valence-corrected chi connectivity index (χ2v) is 4.19. The molecule has 18 heavy (non-hydrogen) atoms. The van der Waals surface area contributed by atoms with Crippen LogP contribution >= 0.6 is 0 Å². The number of hydrogen-bond acceptors (Lipinski definition) is 2. The van der Waals surface area contributed by atoms with Gasteiger partial charge >= 0.3 is 0 Å². The lowest BCUT2D eigenvalue weighted by molar-refractivity contribution is -0.116. The highest BCUT2D eigenvalue weighted by Crippen LogP contribution is 2.10. The first kappa shape index (κ1) is 16.6. The number of rotatable bonds is 10. The maximum Gasteiger partial charge on any atom is 0.162 e. The summed E-state index contributed by atoms with van der Waals surface area (Å²) in [5.41, 5.74) is 0. The molecule has 1 atom stereocenters. The van der Waals surface area contributed by atoms with E-state index in [-0.39, 0.29) is 11.7 Å². The third-order valence-electron chi connectivity index (χ3n) is 2.59. The van der Waals surface area contributed by atoms with Crippen molar-refractivity contribution in [1.82, 2.24) is 0 Å². The molecule has 0 rings (SSSR count). The standard InChI is InChI=1S/C16H24O2/c1-3-5-7-9-13-16(18)15(12-10-14-17)11-8-6-4-2/h6,8-10,12-15H,3-5,7,11H2,1-2H3.